The maximum Gasteiger partial charge on any atom is 0.412 e. The van der Waals surface area contributed by atoms with Crippen LogP contribution in [0.1, 0.15) is 26.7 Å². The van der Waals surface area contributed by atoms with Crippen LogP contribution in [-0.4, -0.2) is 43.3 Å². The third-order valence-electron chi connectivity index (χ3n) is 4.55. The molecule has 1 unspecified atom stereocenters. The summed E-state index contributed by atoms with van der Waals surface area (Å²) in [6, 6.07) is 7.49. The van der Waals surface area contributed by atoms with Crippen LogP contribution >= 0.6 is 0 Å². The highest BCUT2D eigenvalue weighted by atomic mass is 16.6. The summed E-state index contributed by atoms with van der Waals surface area (Å²) in [5.74, 6) is 1.63. The van der Waals surface area contributed by atoms with E-state index in [1.54, 1.807) is 0 Å². The number of hydrogen-bond donors (Lipinski definition) is 1. The van der Waals surface area contributed by atoms with Gasteiger partial charge in [-0.25, -0.2) is 4.79 Å². The molecule has 1 aromatic rings. The number of ether oxygens (including phenoxy) is 2. The first-order valence-corrected chi connectivity index (χ1v) is 8.53. The molecule has 0 aliphatic carbocycles. The van der Waals surface area contributed by atoms with Crippen molar-refractivity contribution in [3.8, 4) is 5.75 Å². The molecule has 1 amide bonds. The summed E-state index contributed by atoms with van der Waals surface area (Å²) in [5, 5.41) is 2.84. The molecule has 3 aliphatic heterocycles. The molecule has 3 heterocycles. The van der Waals surface area contributed by atoms with E-state index in [2.05, 4.69) is 24.1 Å². The number of nitrogens with zero attached hydrogens (tertiary/aromatic N) is 1. The molecule has 1 N–H and O–H groups in total. The van der Waals surface area contributed by atoms with E-state index in [-0.39, 0.29) is 12.2 Å². The molecular weight excluding hydrogens is 292 g/mol. The van der Waals surface area contributed by atoms with E-state index in [9.17, 15) is 4.79 Å². The van der Waals surface area contributed by atoms with Crippen LogP contribution in [0.15, 0.2) is 24.3 Å². The Bertz CT molecular complexity index is 539. The van der Waals surface area contributed by atoms with Gasteiger partial charge in [-0.05, 0) is 49.9 Å². The molecule has 3 fully saturated rings. The summed E-state index contributed by atoms with van der Waals surface area (Å²) in [7, 11) is 0. The second-order valence-electron chi connectivity index (χ2n) is 6.91. The molecule has 126 valence electrons. The Morgan fingerprint density at radius 3 is 2.70 bits per heavy atom. The Morgan fingerprint density at radius 1 is 1.30 bits per heavy atom. The molecule has 0 saturated carbocycles. The topological polar surface area (TPSA) is 50.8 Å². The molecule has 0 spiro atoms. The first kappa shape index (κ1) is 16.1. The Hall–Kier alpha value is -1.75. The SMILES string of the molecule is CC(C)COc1ccccc1NC(=O)OC1CN2CCC1CC2. The quantitative estimate of drug-likeness (QED) is 0.904. The van der Waals surface area contributed by atoms with Crippen LogP contribution in [0.5, 0.6) is 5.75 Å². The molecule has 1 atom stereocenters. The number of benzene rings is 1. The van der Waals surface area contributed by atoms with E-state index >= 15 is 0 Å². The van der Waals surface area contributed by atoms with Crippen molar-refractivity contribution < 1.29 is 14.3 Å². The first-order chi connectivity index (χ1) is 11.1. The van der Waals surface area contributed by atoms with Gasteiger partial charge >= 0.3 is 6.09 Å². The van der Waals surface area contributed by atoms with Crippen LogP contribution in [0, 0.1) is 11.8 Å². The lowest BCUT2D eigenvalue weighted by atomic mass is 9.86. The molecule has 0 radical (unpaired) electrons. The van der Waals surface area contributed by atoms with Gasteiger partial charge in [-0.1, -0.05) is 26.0 Å². The number of amides is 1. The largest absolute Gasteiger partial charge is 0.491 e. The standard InChI is InChI=1S/C18H26N2O3/c1-13(2)12-22-16-6-4-3-5-15(16)19-18(21)23-17-11-20-9-7-14(17)8-10-20/h3-6,13-14,17H,7-12H2,1-2H3,(H,19,21). The molecular formula is C18H26N2O3. The van der Waals surface area contributed by atoms with Gasteiger partial charge < -0.3 is 9.47 Å². The van der Waals surface area contributed by atoms with Gasteiger partial charge in [0.15, 0.2) is 0 Å². The Morgan fingerprint density at radius 2 is 2.04 bits per heavy atom. The minimum atomic E-state index is -0.385. The first-order valence-electron chi connectivity index (χ1n) is 8.53. The number of hydrogen-bond acceptors (Lipinski definition) is 4. The minimum Gasteiger partial charge on any atom is -0.491 e. The van der Waals surface area contributed by atoms with Gasteiger partial charge in [0.05, 0.1) is 12.3 Å². The van der Waals surface area contributed by atoms with Crippen LogP contribution in [0.3, 0.4) is 0 Å². The van der Waals surface area contributed by atoms with E-state index in [1.807, 2.05) is 24.3 Å². The maximum atomic E-state index is 12.2. The van der Waals surface area contributed by atoms with E-state index < -0.39 is 0 Å². The zero-order valence-corrected chi connectivity index (χ0v) is 14.0. The number of carbonyl (C=O) groups excluding carboxylic acids is 1. The van der Waals surface area contributed by atoms with Crippen molar-refractivity contribution in [1.29, 1.82) is 0 Å². The normalized spacial score (nSPS) is 26.1. The Kier molecular flexibility index (Phi) is 5.06. The molecule has 1 aromatic carbocycles. The number of carbonyl (C=O) groups is 1. The number of fused-ring (bicyclic) bond motifs is 3. The lowest BCUT2D eigenvalue weighted by molar-refractivity contribution is -0.0290. The van der Waals surface area contributed by atoms with Crippen LogP contribution in [0.4, 0.5) is 10.5 Å². The maximum absolute atomic E-state index is 12.2. The zero-order valence-electron chi connectivity index (χ0n) is 14.0. The summed E-state index contributed by atoms with van der Waals surface area (Å²) in [6.45, 7) is 7.95. The number of anilines is 1. The summed E-state index contributed by atoms with van der Waals surface area (Å²) in [4.78, 5) is 14.6. The van der Waals surface area contributed by atoms with Crippen LogP contribution in [0.2, 0.25) is 0 Å². The van der Waals surface area contributed by atoms with Crippen molar-refractivity contribution in [2.45, 2.75) is 32.8 Å². The number of rotatable bonds is 5. The lowest BCUT2D eigenvalue weighted by Crippen LogP contribution is -2.52. The van der Waals surface area contributed by atoms with E-state index in [4.69, 9.17) is 9.47 Å². The highest BCUT2D eigenvalue weighted by Gasteiger charge is 2.36. The predicted molar refractivity (Wildman–Crippen MR) is 89.8 cm³/mol. The van der Waals surface area contributed by atoms with Gasteiger partial charge in [0, 0.05) is 6.54 Å². The predicted octanol–water partition coefficient (Wildman–Crippen LogP) is 3.36. The Balaban J connectivity index is 1.57. The number of nitrogens with one attached hydrogen (secondary N) is 1. The van der Waals surface area contributed by atoms with E-state index in [0.717, 1.165) is 32.5 Å². The fraction of sp³-hybridized carbons (Fsp3) is 0.611. The van der Waals surface area contributed by atoms with Gasteiger partial charge in [-0.2, -0.15) is 0 Å². The molecule has 3 saturated heterocycles. The van der Waals surface area contributed by atoms with Gasteiger partial charge in [-0.3, -0.25) is 10.2 Å². The second kappa shape index (κ2) is 7.21. The minimum absolute atomic E-state index is 0.0150. The van der Waals surface area contributed by atoms with Crippen LogP contribution in [-0.2, 0) is 4.74 Å². The smallest absolute Gasteiger partial charge is 0.412 e. The highest BCUT2D eigenvalue weighted by Crippen LogP contribution is 2.30. The van der Waals surface area contributed by atoms with Crippen molar-refractivity contribution >= 4 is 11.8 Å². The van der Waals surface area contributed by atoms with Crippen molar-refractivity contribution in [2.24, 2.45) is 11.8 Å². The average Bonchev–Trinajstić information content (AvgIpc) is 2.55. The third-order valence-corrected chi connectivity index (χ3v) is 4.55. The fourth-order valence-electron chi connectivity index (χ4n) is 3.27. The molecule has 4 rings (SSSR count). The number of piperidine rings is 3. The summed E-state index contributed by atoms with van der Waals surface area (Å²) in [5.41, 5.74) is 0.666. The van der Waals surface area contributed by atoms with E-state index in [1.165, 1.54) is 0 Å². The molecule has 3 aliphatic rings. The summed E-state index contributed by atoms with van der Waals surface area (Å²) < 4.78 is 11.4. The monoisotopic (exact) mass is 318 g/mol. The van der Waals surface area contributed by atoms with Crippen molar-refractivity contribution in [1.82, 2.24) is 4.90 Å². The van der Waals surface area contributed by atoms with Crippen LogP contribution < -0.4 is 10.1 Å². The summed E-state index contributed by atoms with van der Waals surface area (Å²) >= 11 is 0. The fourth-order valence-corrected chi connectivity index (χ4v) is 3.27. The van der Waals surface area contributed by atoms with Crippen molar-refractivity contribution in [3.05, 3.63) is 24.3 Å². The molecule has 2 bridgehead atoms. The second-order valence-corrected chi connectivity index (χ2v) is 6.91. The zero-order chi connectivity index (χ0) is 16.2. The van der Waals surface area contributed by atoms with Crippen LogP contribution in [0.25, 0.3) is 0 Å². The lowest BCUT2D eigenvalue weighted by Gasteiger charge is -2.43. The molecule has 5 nitrogen and oxygen atoms in total. The Labute approximate surface area is 137 Å². The molecule has 0 aromatic heterocycles. The molecule has 5 heteroatoms. The van der Waals surface area contributed by atoms with Crippen molar-refractivity contribution in [2.75, 3.05) is 31.6 Å². The highest BCUT2D eigenvalue weighted by molar-refractivity contribution is 5.86. The van der Waals surface area contributed by atoms with Gasteiger partial charge in [0.25, 0.3) is 0 Å². The van der Waals surface area contributed by atoms with E-state index in [0.29, 0.717) is 29.9 Å². The summed E-state index contributed by atoms with van der Waals surface area (Å²) in [6.07, 6.45) is 1.89. The molecule has 23 heavy (non-hydrogen) atoms. The van der Waals surface area contributed by atoms with Gasteiger partial charge in [0.2, 0.25) is 0 Å². The van der Waals surface area contributed by atoms with Gasteiger partial charge in [0.1, 0.15) is 11.9 Å². The van der Waals surface area contributed by atoms with Gasteiger partial charge in [-0.15, -0.1) is 0 Å². The third kappa shape index (κ3) is 4.16. The number of para-hydroxylation sites is 2. The van der Waals surface area contributed by atoms with Crippen molar-refractivity contribution in [3.63, 3.8) is 0 Å². The average molecular weight is 318 g/mol.